The molecule has 0 amide bonds. The number of aryl methyl sites for hydroxylation is 1. The first-order valence-electron chi connectivity index (χ1n) is 4.63. The molecule has 0 aliphatic carbocycles. The van der Waals surface area contributed by atoms with Crippen molar-refractivity contribution in [2.24, 2.45) is 0 Å². The Labute approximate surface area is 88.1 Å². The lowest BCUT2D eigenvalue weighted by Gasteiger charge is -2.09. The molecule has 0 fully saturated rings. The number of Topliss-reactive ketones (excluding diaryl/α,β-unsaturated/α-hetero) is 1. The van der Waals surface area contributed by atoms with Gasteiger partial charge in [-0.2, -0.15) is 0 Å². The third-order valence-corrected chi connectivity index (χ3v) is 2.86. The summed E-state index contributed by atoms with van der Waals surface area (Å²) in [6.45, 7) is 3.88. The van der Waals surface area contributed by atoms with E-state index in [1.165, 1.54) is 0 Å². The molecule has 0 spiro atoms. The van der Waals surface area contributed by atoms with Gasteiger partial charge in [0.25, 0.3) is 0 Å². The van der Waals surface area contributed by atoms with Crippen molar-refractivity contribution in [2.45, 2.75) is 32.8 Å². The van der Waals surface area contributed by atoms with E-state index < -0.39 is 0 Å². The smallest absolute Gasteiger partial charge is 0.167 e. The van der Waals surface area contributed by atoms with Gasteiger partial charge in [-0.25, -0.2) is 4.98 Å². The molecule has 1 aromatic rings. The number of ether oxygens (including phenoxy) is 1. The SMILES string of the molecule is CCC(OC)C(=O)Cc1csc(C)n1. The second kappa shape index (κ2) is 5.22. The van der Waals surface area contributed by atoms with Gasteiger partial charge in [-0.3, -0.25) is 4.79 Å². The molecule has 3 nitrogen and oxygen atoms in total. The Hall–Kier alpha value is -0.740. The number of ketones is 1. The molecule has 1 heterocycles. The summed E-state index contributed by atoms with van der Waals surface area (Å²) >= 11 is 1.57. The van der Waals surface area contributed by atoms with Crippen LogP contribution in [0.4, 0.5) is 0 Å². The van der Waals surface area contributed by atoms with Crippen molar-refractivity contribution in [3.05, 3.63) is 16.1 Å². The monoisotopic (exact) mass is 213 g/mol. The summed E-state index contributed by atoms with van der Waals surface area (Å²) in [6.07, 6.45) is 0.826. The van der Waals surface area contributed by atoms with Gasteiger partial charge in [0.2, 0.25) is 0 Å². The highest BCUT2D eigenvalue weighted by atomic mass is 32.1. The molecule has 78 valence electrons. The minimum atomic E-state index is -0.281. The summed E-state index contributed by atoms with van der Waals surface area (Å²) in [5.74, 6) is 0.111. The Morgan fingerprint density at radius 1 is 1.71 bits per heavy atom. The van der Waals surface area contributed by atoms with E-state index in [9.17, 15) is 4.79 Å². The van der Waals surface area contributed by atoms with Crippen LogP contribution < -0.4 is 0 Å². The molecule has 0 N–H and O–H groups in total. The molecule has 14 heavy (non-hydrogen) atoms. The normalized spacial score (nSPS) is 12.8. The van der Waals surface area contributed by atoms with E-state index in [-0.39, 0.29) is 11.9 Å². The number of thiazole rings is 1. The van der Waals surface area contributed by atoms with Crippen molar-refractivity contribution in [2.75, 3.05) is 7.11 Å². The van der Waals surface area contributed by atoms with Crippen LogP contribution in [0.15, 0.2) is 5.38 Å². The Balaban J connectivity index is 2.56. The van der Waals surface area contributed by atoms with Gasteiger partial charge in [-0.05, 0) is 13.3 Å². The quantitative estimate of drug-likeness (QED) is 0.751. The number of hydrogen-bond donors (Lipinski definition) is 0. The van der Waals surface area contributed by atoms with Crippen molar-refractivity contribution in [3.8, 4) is 0 Å². The molecule has 4 heteroatoms. The molecule has 1 atom stereocenters. The molecule has 0 aromatic carbocycles. The van der Waals surface area contributed by atoms with Gasteiger partial charge in [-0.1, -0.05) is 6.92 Å². The molecule has 0 aliphatic heterocycles. The zero-order chi connectivity index (χ0) is 10.6. The van der Waals surface area contributed by atoms with Crippen LogP contribution in [0.3, 0.4) is 0 Å². The first-order chi connectivity index (χ1) is 6.67. The second-order valence-corrected chi connectivity index (χ2v) is 4.20. The minimum absolute atomic E-state index is 0.111. The van der Waals surface area contributed by atoms with Gasteiger partial charge in [0, 0.05) is 12.5 Å². The van der Waals surface area contributed by atoms with E-state index in [4.69, 9.17) is 4.74 Å². The van der Waals surface area contributed by atoms with Crippen LogP contribution in [0.2, 0.25) is 0 Å². The average Bonchev–Trinajstić information content (AvgIpc) is 2.53. The molecule has 1 aromatic heterocycles. The molecule has 1 unspecified atom stereocenters. The maximum absolute atomic E-state index is 11.6. The number of hydrogen-bond acceptors (Lipinski definition) is 4. The number of carbonyl (C=O) groups excluding carboxylic acids is 1. The van der Waals surface area contributed by atoms with Gasteiger partial charge < -0.3 is 4.74 Å². The summed E-state index contributed by atoms with van der Waals surface area (Å²) in [6, 6.07) is 0. The highest BCUT2D eigenvalue weighted by molar-refractivity contribution is 7.09. The first-order valence-corrected chi connectivity index (χ1v) is 5.51. The fraction of sp³-hybridized carbons (Fsp3) is 0.600. The minimum Gasteiger partial charge on any atom is -0.374 e. The Bertz CT molecular complexity index is 305. The van der Waals surface area contributed by atoms with Gasteiger partial charge >= 0.3 is 0 Å². The van der Waals surface area contributed by atoms with E-state index in [0.29, 0.717) is 6.42 Å². The van der Waals surface area contributed by atoms with Crippen LogP contribution in [0.5, 0.6) is 0 Å². The van der Waals surface area contributed by atoms with E-state index in [1.54, 1.807) is 18.4 Å². The van der Waals surface area contributed by atoms with Crippen LogP contribution in [0, 0.1) is 6.92 Å². The fourth-order valence-corrected chi connectivity index (χ4v) is 1.92. The molecule has 0 bridgehead atoms. The lowest BCUT2D eigenvalue weighted by Crippen LogP contribution is -2.23. The van der Waals surface area contributed by atoms with Gasteiger partial charge in [0.15, 0.2) is 5.78 Å². The summed E-state index contributed by atoms with van der Waals surface area (Å²) in [4.78, 5) is 15.9. The van der Waals surface area contributed by atoms with E-state index in [1.807, 2.05) is 19.2 Å². The van der Waals surface area contributed by atoms with Crippen molar-refractivity contribution in [1.82, 2.24) is 4.98 Å². The molecule has 1 rings (SSSR count). The molecule has 0 aliphatic rings. The van der Waals surface area contributed by atoms with Crippen LogP contribution in [0.25, 0.3) is 0 Å². The molecule has 0 saturated heterocycles. The maximum atomic E-state index is 11.6. The standard InChI is InChI=1S/C10H15NO2S/c1-4-10(13-3)9(12)5-8-6-14-7(2)11-8/h6,10H,4-5H2,1-3H3. The van der Waals surface area contributed by atoms with Gasteiger partial charge in [-0.15, -0.1) is 11.3 Å². The highest BCUT2D eigenvalue weighted by Gasteiger charge is 2.16. The van der Waals surface area contributed by atoms with E-state index >= 15 is 0 Å². The lowest BCUT2D eigenvalue weighted by atomic mass is 10.1. The summed E-state index contributed by atoms with van der Waals surface area (Å²) in [5.41, 5.74) is 0.855. The Kier molecular flexibility index (Phi) is 4.22. The van der Waals surface area contributed by atoms with Gasteiger partial charge in [0.05, 0.1) is 17.1 Å². The number of nitrogens with zero attached hydrogens (tertiary/aromatic N) is 1. The lowest BCUT2D eigenvalue weighted by molar-refractivity contribution is -0.128. The number of rotatable bonds is 5. The second-order valence-electron chi connectivity index (χ2n) is 3.13. The molecule has 0 saturated carbocycles. The Morgan fingerprint density at radius 3 is 2.86 bits per heavy atom. The topological polar surface area (TPSA) is 39.2 Å². The molecular weight excluding hydrogens is 198 g/mol. The third kappa shape index (κ3) is 2.89. The third-order valence-electron chi connectivity index (χ3n) is 2.04. The van der Waals surface area contributed by atoms with Crippen LogP contribution in [-0.4, -0.2) is 24.0 Å². The van der Waals surface area contributed by atoms with Crippen molar-refractivity contribution >= 4 is 17.1 Å². The zero-order valence-corrected chi connectivity index (χ0v) is 9.56. The van der Waals surface area contributed by atoms with E-state index in [2.05, 4.69) is 4.98 Å². The number of carbonyl (C=O) groups is 1. The fourth-order valence-electron chi connectivity index (χ4n) is 1.31. The van der Waals surface area contributed by atoms with Crippen LogP contribution in [0.1, 0.15) is 24.0 Å². The van der Waals surface area contributed by atoms with Gasteiger partial charge in [0.1, 0.15) is 6.10 Å². The summed E-state index contributed by atoms with van der Waals surface area (Å²) in [5, 5.41) is 2.92. The predicted molar refractivity (Wildman–Crippen MR) is 56.7 cm³/mol. The summed E-state index contributed by atoms with van der Waals surface area (Å²) < 4.78 is 5.07. The van der Waals surface area contributed by atoms with Crippen molar-refractivity contribution in [3.63, 3.8) is 0 Å². The molecular formula is C10H15NO2S. The summed E-state index contributed by atoms with van der Waals surface area (Å²) in [7, 11) is 1.57. The number of aromatic nitrogens is 1. The molecule has 0 radical (unpaired) electrons. The van der Waals surface area contributed by atoms with Crippen molar-refractivity contribution in [1.29, 1.82) is 0 Å². The Morgan fingerprint density at radius 2 is 2.43 bits per heavy atom. The zero-order valence-electron chi connectivity index (χ0n) is 8.74. The number of methoxy groups -OCH3 is 1. The first kappa shape index (κ1) is 11.3. The average molecular weight is 213 g/mol. The predicted octanol–water partition coefficient (Wildman–Crippen LogP) is 1.99. The van der Waals surface area contributed by atoms with Crippen LogP contribution in [-0.2, 0) is 16.0 Å². The van der Waals surface area contributed by atoms with Crippen molar-refractivity contribution < 1.29 is 9.53 Å². The largest absolute Gasteiger partial charge is 0.374 e. The van der Waals surface area contributed by atoms with E-state index in [0.717, 1.165) is 17.1 Å². The highest BCUT2D eigenvalue weighted by Crippen LogP contribution is 2.10. The van der Waals surface area contributed by atoms with Crippen LogP contribution >= 0.6 is 11.3 Å². The maximum Gasteiger partial charge on any atom is 0.167 e.